The van der Waals surface area contributed by atoms with Crippen LogP contribution in [-0.4, -0.2) is 4.98 Å². The molecule has 1 heterocycles. The van der Waals surface area contributed by atoms with Gasteiger partial charge < -0.3 is 5.73 Å². The smallest absolute Gasteiger partial charge is 0.0450 e. The van der Waals surface area contributed by atoms with Crippen molar-refractivity contribution in [3.63, 3.8) is 0 Å². The number of pyridine rings is 1. The lowest BCUT2D eigenvalue weighted by atomic mass is 9.68. The quantitative estimate of drug-likeness (QED) is 0.860. The number of hydrogen-bond acceptors (Lipinski definition) is 2. The van der Waals surface area contributed by atoms with Crippen LogP contribution in [0.1, 0.15) is 37.7 Å². The van der Waals surface area contributed by atoms with Crippen molar-refractivity contribution in [1.82, 2.24) is 4.98 Å². The molecular formula is C19H22N2. The normalized spacial score (nSPS) is 40.8. The Morgan fingerprint density at radius 1 is 1.14 bits per heavy atom. The molecule has 5 unspecified atom stereocenters. The molecule has 108 valence electrons. The number of fused-ring (bicyclic) bond motifs is 6. The molecular weight excluding hydrogens is 256 g/mol. The number of benzene rings is 1. The Bertz CT molecular complexity index is 704. The Morgan fingerprint density at radius 2 is 2.05 bits per heavy atom. The van der Waals surface area contributed by atoms with Crippen LogP contribution in [0.4, 0.5) is 0 Å². The van der Waals surface area contributed by atoms with Gasteiger partial charge in [-0.2, -0.15) is 0 Å². The zero-order chi connectivity index (χ0) is 14.0. The van der Waals surface area contributed by atoms with Gasteiger partial charge in [0.15, 0.2) is 0 Å². The maximum atomic E-state index is 7.06. The van der Waals surface area contributed by atoms with Gasteiger partial charge in [0.05, 0.1) is 0 Å². The van der Waals surface area contributed by atoms with E-state index in [1.165, 1.54) is 48.4 Å². The van der Waals surface area contributed by atoms with Gasteiger partial charge in [0.1, 0.15) is 0 Å². The van der Waals surface area contributed by atoms with E-state index in [0.717, 1.165) is 17.8 Å². The molecule has 1 aromatic heterocycles. The summed E-state index contributed by atoms with van der Waals surface area (Å²) < 4.78 is 0. The fourth-order valence-electron chi connectivity index (χ4n) is 6.02. The number of nitrogens with zero attached hydrogens (tertiary/aromatic N) is 1. The first kappa shape index (κ1) is 12.2. The second-order valence-corrected chi connectivity index (χ2v) is 7.51. The van der Waals surface area contributed by atoms with Gasteiger partial charge in [-0.15, -0.1) is 0 Å². The van der Waals surface area contributed by atoms with Crippen molar-refractivity contribution in [1.29, 1.82) is 0 Å². The van der Waals surface area contributed by atoms with Crippen molar-refractivity contribution in [2.45, 2.75) is 37.6 Å². The van der Waals surface area contributed by atoms with E-state index in [0.29, 0.717) is 5.92 Å². The molecule has 3 fully saturated rings. The van der Waals surface area contributed by atoms with Crippen LogP contribution in [0.2, 0.25) is 0 Å². The first-order chi connectivity index (χ1) is 10.3. The van der Waals surface area contributed by atoms with Crippen LogP contribution in [-0.2, 0) is 5.54 Å². The molecule has 2 N–H and O–H groups in total. The maximum Gasteiger partial charge on any atom is 0.0450 e. The highest BCUT2D eigenvalue weighted by Crippen LogP contribution is 2.64. The average molecular weight is 278 g/mol. The Kier molecular flexibility index (Phi) is 2.36. The minimum atomic E-state index is -0.112. The molecule has 3 aliphatic rings. The first-order valence-corrected chi connectivity index (χ1v) is 8.39. The van der Waals surface area contributed by atoms with Crippen molar-refractivity contribution in [3.8, 4) is 0 Å². The van der Waals surface area contributed by atoms with E-state index in [1.54, 1.807) is 0 Å². The fourth-order valence-corrected chi connectivity index (χ4v) is 6.02. The molecule has 0 aliphatic heterocycles. The summed E-state index contributed by atoms with van der Waals surface area (Å²) in [6.45, 7) is 0. The van der Waals surface area contributed by atoms with Crippen LogP contribution in [0.5, 0.6) is 0 Å². The molecule has 0 spiro atoms. The van der Waals surface area contributed by atoms with E-state index in [-0.39, 0.29) is 5.54 Å². The highest BCUT2D eigenvalue weighted by molar-refractivity contribution is 5.85. The largest absolute Gasteiger partial charge is 0.321 e. The molecule has 0 amide bonds. The number of nitrogens with two attached hydrogens (primary N) is 1. The van der Waals surface area contributed by atoms with Gasteiger partial charge in [0, 0.05) is 23.3 Å². The van der Waals surface area contributed by atoms with Crippen molar-refractivity contribution in [3.05, 3.63) is 42.2 Å². The van der Waals surface area contributed by atoms with Gasteiger partial charge in [-0.3, -0.25) is 4.98 Å². The van der Waals surface area contributed by atoms with Crippen LogP contribution < -0.4 is 5.73 Å². The predicted molar refractivity (Wildman–Crippen MR) is 84.7 cm³/mol. The number of hydrogen-bond donors (Lipinski definition) is 1. The van der Waals surface area contributed by atoms with E-state index in [4.69, 9.17) is 5.73 Å². The topological polar surface area (TPSA) is 38.9 Å². The lowest BCUT2D eigenvalue weighted by Crippen LogP contribution is -2.46. The molecule has 2 bridgehead atoms. The summed E-state index contributed by atoms with van der Waals surface area (Å²) >= 11 is 0. The maximum absolute atomic E-state index is 7.06. The lowest BCUT2D eigenvalue weighted by Gasteiger charge is -2.41. The molecule has 21 heavy (non-hydrogen) atoms. The van der Waals surface area contributed by atoms with Crippen molar-refractivity contribution in [2.75, 3.05) is 0 Å². The molecule has 5 atom stereocenters. The number of aromatic nitrogens is 1. The molecule has 3 aliphatic carbocycles. The summed E-state index contributed by atoms with van der Waals surface area (Å²) in [6, 6.07) is 8.71. The van der Waals surface area contributed by atoms with Crippen molar-refractivity contribution >= 4 is 10.8 Å². The highest BCUT2D eigenvalue weighted by atomic mass is 14.8. The second-order valence-electron chi connectivity index (χ2n) is 7.51. The van der Waals surface area contributed by atoms with Gasteiger partial charge in [0.2, 0.25) is 0 Å². The summed E-state index contributed by atoms with van der Waals surface area (Å²) in [7, 11) is 0. The van der Waals surface area contributed by atoms with E-state index < -0.39 is 0 Å². The zero-order valence-electron chi connectivity index (χ0n) is 12.3. The molecule has 1 aromatic carbocycles. The zero-order valence-corrected chi connectivity index (χ0v) is 12.3. The van der Waals surface area contributed by atoms with Crippen LogP contribution >= 0.6 is 0 Å². The molecule has 2 nitrogen and oxygen atoms in total. The van der Waals surface area contributed by atoms with E-state index in [2.05, 4.69) is 29.2 Å². The highest BCUT2D eigenvalue weighted by Gasteiger charge is 2.60. The summed E-state index contributed by atoms with van der Waals surface area (Å²) in [5.41, 5.74) is 8.30. The van der Waals surface area contributed by atoms with E-state index in [9.17, 15) is 0 Å². The second kappa shape index (κ2) is 4.07. The third-order valence-corrected chi connectivity index (χ3v) is 6.75. The van der Waals surface area contributed by atoms with Crippen molar-refractivity contribution in [2.24, 2.45) is 29.4 Å². The standard InChI is InChI=1S/C19H22N2/c20-19(10-13-9-18(19)15-5-2-4-14(13)15)17-6-1-3-12-7-8-21-11-16(12)17/h1,3,6-8,11,13-15,18H,2,4-5,9-10,20H2. The van der Waals surface area contributed by atoms with Crippen molar-refractivity contribution < 1.29 is 0 Å². The minimum absolute atomic E-state index is 0.112. The summed E-state index contributed by atoms with van der Waals surface area (Å²) in [6.07, 6.45) is 10.7. The molecule has 3 saturated carbocycles. The van der Waals surface area contributed by atoms with Gasteiger partial charge >= 0.3 is 0 Å². The molecule has 2 heteroatoms. The minimum Gasteiger partial charge on any atom is -0.321 e. The Labute approximate surface area is 125 Å². The molecule has 0 saturated heterocycles. The van der Waals surface area contributed by atoms with Gasteiger partial charge in [-0.25, -0.2) is 0 Å². The molecule has 2 aromatic rings. The third kappa shape index (κ3) is 1.49. The van der Waals surface area contributed by atoms with Crippen LogP contribution in [0.3, 0.4) is 0 Å². The van der Waals surface area contributed by atoms with Crippen LogP contribution in [0.25, 0.3) is 10.8 Å². The van der Waals surface area contributed by atoms with E-state index in [1.807, 2.05) is 12.4 Å². The fraction of sp³-hybridized carbons (Fsp3) is 0.526. The SMILES string of the molecule is NC1(c2cccc3ccncc23)CC2CC1C1CCCC21. The third-order valence-electron chi connectivity index (χ3n) is 6.75. The van der Waals surface area contributed by atoms with Gasteiger partial charge in [-0.05, 0) is 66.4 Å². The Balaban J connectivity index is 1.66. The molecule has 0 radical (unpaired) electrons. The van der Waals surface area contributed by atoms with Gasteiger partial charge in [-0.1, -0.05) is 24.6 Å². The Morgan fingerprint density at radius 3 is 3.00 bits per heavy atom. The average Bonchev–Trinajstić information content (AvgIpc) is 3.18. The summed E-state index contributed by atoms with van der Waals surface area (Å²) in [5, 5.41) is 2.54. The predicted octanol–water partition coefficient (Wildman–Crippen LogP) is 3.84. The summed E-state index contributed by atoms with van der Waals surface area (Å²) in [5.74, 6) is 3.45. The van der Waals surface area contributed by atoms with E-state index >= 15 is 0 Å². The lowest BCUT2D eigenvalue weighted by molar-refractivity contribution is 0.158. The first-order valence-electron chi connectivity index (χ1n) is 8.39. The van der Waals surface area contributed by atoms with Crippen LogP contribution in [0.15, 0.2) is 36.7 Å². The monoisotopic (exact) mass is 278 g/mol. The molecule has 5 rings (SSSR count). The number of rotatable bonds is 1. The van der Waals surface area contributed by atoms with Gasteiger partial charge in [0.25, 0.3) is 0 Å². The Hall–Kier alpha value is -1.41. The summed E-state index contributed by atoms with van der Waals surface area (Å²) in [4.78, 5) is 4.35. The van der Waals surface area contributed by atoms with Crippen LogP contribution in [0, 0.1) is 23.7 Å².